The van der Waals surface area contributed by atoms with Crippen molar-refractivity contribution in [1.29, 1.82) is 0 Å². The highest BCUT2D eigenvalue weighted by atomic mass is 31.2. The standard InChI is InChI=1S/C89H160NO8P/c1-3-5-7-9-11-13-15-17-19-21-23-25-27-29-31-33-35-37-39-41-42-43-44-46-47-49-51-53-55-57-59-61-63-65-67-69-71-73-75-77-79-81-88(91)95-85-87(86-97-99(93,94)96-84-83-90)98-89(92)82-80-78-76-74-72-70-68-66-64-62-60-58-56-54-52-50-48-45-40-38-36-34-32-30-28-26-24-22-20-18-16-14-12-10-8-6-4-2/h6,8,12,14-15,17-18,20-21,23-24,26,30,32,36,38,45,48,87H,3-5,7,9-11,13,16,19,22,25,27-29,31,33-35,37,39-44,46-47,49-86,90H2,1-2H3,(H,93,94)/b8-6-,14-12-,17-15-,20-18-,23-21-,26-24-,32-30-,38-36-,48-45-. The Balaban J connectivity index is 3.76. The molecule has 2 atom stereocenters. The molecular formula is C89H160NO8P. The summed E-state index contributed by atoms with van der Waals surface area (Å²) in [6, 6.07) is 0. The SMILES string of the molecule is CC/C=C\C/C=C\C/C=C\C/C=C\C/C=C\C/C=C\C/C=C\CCCCCCCCCCCCCCCCCC(=O)OC(COC(=O)CCCCCCCCCCCCCCCCCCCCCCCCCCCCCCC/C=C\C/C=C\CCCCCCC)COP(=O)(O)OCCN. The van der Waals surface area contributed by atoms with Gasteiger partial charge >= 0.3 is 19.8 Å². The molecule has 0 amide bonds. The lowest BCUT2D eigenvalue weighted by Gasteiger charge is -2.19. The Labute approximate surface area is 613 Å². The van der Waals surface area contributed by atoms with Crippen molar-refractivity contribution in [2.45, 2.75) is 418 Å². The minimum atomic E-state index is -4.40. The van der Waals surface area contributed by atoms with Crippen LogP contribution in [-0.4, -0.2) is 49.3 Å². The van der Waals surface area contributed by atoms with Crippen molar-refractivity contribution in [3.63, 3.8) is 0 Å². The molecule has 0 aromatic heterocycles. The molecule has 0 aromatic rings. The van der Waals surface area contributed by atoms with Crippen LogP contribution in [0.1, 0.15) is 412 Å². The van der Waals surface area contributed by atoms with Gasteiger partial charge in [-0.3, -0.25) is 18.6 Å². The zero-order chi connectivity index (χ0) is 71.5. The maximum atomic E-state index is 12.8. The van der Waals surface area contributed by atoms with Crippen LogP contribution in [0.5, 0.6) is 0 Å². The minimum Gasteiger partial charge on any atom is -0.462 e. The van der Waals surface area contributed by atoms with E-state index in [4.69, 9.17) is 24.3 Å². The number of esters is 2. The summed E-state index contributed by atoms with van der Waals surface area (Å²) in [6.45, 7) is 3.67. The molecule has 0 spiro atoms. The maximum absolute atomic E-state index is 12.8. The molecule has 574 valence electrons. The van der Waals surface area contributed by atoms with E-state index in [2.05, 4.69) is 123 Å². The van der Waals surface area contributed by atoms with Gasteiger partial charge in [0.05, 0.1) is 13.2 Å². The van der Waals surface area contributed by atoms with E-state index in [1.54, 1.807) is 0 Å². The topological polar surface area (TPSA) is 134 Å². The lowest BCUT2D eigenvalue weighted by Crippen LogP contribution is -2.29. The molecule has 9 nitrogen and oxygen atoms in total. The second kappa shape index (κ2) is 83.6. The van der Waals surface area contributed by atoms with Gasteiger partial charge in [-0.05, 0) is 103 Å². The number of phosphoric ester groups is 1. The van der Waals surface area contributed by atoms with Gasteiger partial charge in [0.2, 0.25) is 0 Å². The zero-order valence-electron chi connectivity index (χ0n) is 65.0. The number of hydrogen-bond acceptors (Lipinski definition) is 8. The van der Waals surface area contributed by atoms with Crippen LogP contribution >= 0.6 is 7.82 Å². The number of rotatable bonds is 80. The number of unbranched alkanes of at least 4 members (excludes halogenated alkanes) is 49. The normalized spacial score (nSPS) is 13.4. The van der Waals surface area contributed by atoms with E-state index in [0.29, 0.717) is 6.42 Å². The van der Waals surface area contributed by atoms with E-state index < -0.39 is 26.5 Å². The van der Waals surface area contributed by atoms with Crippen molar-refractivity contribution in [2.24, 2.45) is 5.73 Å². The van der Waals surface area contributed by atoms with Gasteiger partial charge in [0.15, 0.2) is 6.10 Å². The smallest absolute Gasteiger partial charge is 0.462 e. The van der Waals surface area contributed by atoms with E-state index in [9.17, 15) is 19.0 Å². The van der Waals surface area contributed by atoms with E-state index in [1.807, 2.05) is 0 Å². The Hall–Kier alpha value is -3.33. The van der Waals surface area contributed by atoms with Crippen molar-refractivity contribution in [3.8, 4) is 0 Å². The van der Waals surface area contributed by atoms with Crippen LogP contribution < -0.4 is 5.73 Å². The molecule has 0 aliphatic heterocycles. The van der Waals surface area contributed by atoms with Crippen LogP contribution in [0.2, 0.25) is 0 Å². The predicted molar refractivity (Wildman–Crippen MR) is 431 cm³/mol. The first kappa shape index (κ1) is 95.7. The summed E-state index contributed by atoms with van der Waals surface area (Å²) in [4.78, 5) is 35.5. The van der Waals surface area contributed by atoms with Gasteiger partial charge in [0.25, 0.3) is 0 Å². The van der Waals surface area contributed by atoms with Crippen molar-refractivity contribution >= 4 is 19.8 Å². The molecule has 2 unspecified atom stereocenters. The van der Waals surface area contributed by atoms with E-state index >= 15 is 0 Å². The first-order valence-corrected chi connectivity index (χ1v) is 43.9. The lowest BCUT2D eigenvalue weighted by atomic mass is 10.0. The van der Waals surface area contributed by atoms with Crippen molar-refractivity contribution < 1.29 is 37.6 Å². The molecule has 0 aromatic carbocycles. The largest absolute Gasteiger partial charge is 0.472 e. The second-order valence-corrected chi connectivity index (χ2v) is 29.8. The van der Waals surface area contributed by atoms with Crippen LogP contribution in [-0.2, 0) is 32.7 Å². The molecule has 0 bridgehead atoms. The third-order valence-electron chi connectivity index (χ3n) is 18.6. The second-order valence-electron chi connectivity index (χ2n) is 28.3. The van der Waals surface area contributed by atoms with Gasteiger partial charge in [-0.1, -0.05) is 406 Å². The summed E-state index contributed by atoms with van der Waals surface area (Å²) in [5.74, 6) is -0.811. The lowest BCUT2D eigenvalue weighted by molar-refractivity contribution is -0.161. The van der Waals surface area contributed by atoms with Crippen molar-refractivity contribution in [2.75, 3.05) is 26.4 Å². The highest BCUT2D eigenvalue weighted by Gasteiger charge is 2.26. The Bertz CT molecular complexity index is 2000. The first-order chi connectivity index (χ1) is 48.8. The summed E-state index contributed by atoms with van der Waals surface area (Å²) < 4.78 is 33.3. The summed E-state index contributed by atoms with van der Waals surface area (Å²) in [7, 11) is -4.40. The van der Waals surface area contributed by atoms with Gasteiger partial charge in [0.1, 0.15) is 6.61 Å². The summed E-state index contributed by atoms with van der Waals surface area (Å²) in [5.41, 5.74) is 5.42. The van der Waals surface area contributed by atoms with Gasteiger partial charge in [-0.15, -0.1) is 0 Å². The molecule has 0 radical (unpaired) electrons. The molecule has 0 rings (SSSR count). The average Bonchev–Trinajstić information content (AvgIpc) is 1.64. The molecule has 10 heteroatoms. The fourth-order valence-electron chi connectivity index (χ4n) is 12.4. The number of allylic oxidation sites excluding steroid dienone is 18. The number of ether oxygens (including phenoxy) is 2. The van der Waals surface area contributed by atoms with Gasteiger partial charge in [0, 0.05) is 19.4 Å². The predicted octanol–water partition coefficient (Wildman–Crippen LogP) is 28.8. The van der Waals surface area contributed by atoms with Crippen LogP contribution in [0.15, 0.2) is 109 Å². The monoisotopic (exact) mass is 1400 g/mol. The van der Waals surface area contributed by atoms with Crippen LogP contribution in [0, 0.1) is 0 Å². The number of phosphoric acid groups is 1. The summed E-state index contributed by atoms with van der Waals surface area (Å²) in [5, 5.41) is 0. The average molecular weight is 1400 g/mol. The highest BCUT2D eigenvalue weighted by molar-refractivity contribution is 7.47. The van der Waals surface area contributed by atoms with Crippen molar-refractivity contribution in [1.82, 2.24) is 0 Å². The number of carbonyl (C=O) groups is 2. The summed E-state index contributed by atoms with van der Waals surface area (Å²) >= 11 is 0. The number of carbonyl (C=O) groups excluding carboxylic acids is 2. The van der Waals surface area contributed by atoms with E-state index in [0.717, 1.165) is 89.9 Å². The molecule has 0 aliphatic rings. The minimum absolute atomic E-state index is 0.0523. The Morgan fingerprint density at radius 1 is 0.313 bits per heavy atom. The third-order valence-corrected chi connectivity index (χ3v) is 19.6. The molecule has 3 N–H and O–H groups in total. The van der Waals surface area contributed by atoms with Crippen LogP contribution in [0.3, 0.4) is 0 Å². The van der Waals surface area contributed by atoms with Crippen LogP contribution in [0.25, 0.3) is 0 Å². The number of nitrogens with two attached hydrogens (primary N) is 1. The fraction of sp³-hybridized carbons (Fsp3) is 0.775. The molecular weight excluding hydrogens is 1240 g/mol. The fourth-order valence-corrected chi connectivity index (χ4v) is 13.2. The molecule has 0 saturated heterocycles. The first-order valence-electron chi connectivity index (χ1n) is 42.4. The number of hydrogen-bond donors (Lipinski definition) is 2. The summed E-state index contributed by atoms with van der Waals surface area (Å²) in [6.07, 6.45) is 117. The molecule has 99 heavy (non-hydrogen) atoms. The molecule has 0 heterocycles. The Kier molecular flexibility index (Phi) is 80.8. The zero-order valence-corrected chi connectivity index (χ0v) is 65.9. The van der Waals surface area contributed by atoms with E-state index in [1.165, 1.54) is 289 Å². The Morgan fingerprint density at radius 2 is 0.556 bits per heavy atom. The molecule has 0 aliphatic carbocycles. The molecule has 0 saturated carbocycles. The van der Waals surface area contributed by atoms with Crippen molar-refractivity contribution in [3.05, 3.63) is 109 Å². The van der Waals surface area contributed by atoms with E-state index in [-0.39, 0.29) is 38.6 Å². The third kappa shape index (κ3) is 83.5. The molecule has 0 fully saturated rings. The Morgan fingerprint density at radius 3 is 0.828 bits per heavy atom. The highest BCUT2D eigenvalue weighted by Crippen LogP contribution is 2.43. The van der Waals surface area contributed by atoms with Gasteiger partial charge in [-0.25, -0.2) is 4.57 Å². The quantitative estimate of drug-likeness (QED) is 0.0264. The maximum Gasteiger partial charge on any atom is 0.472 e. The van der Waals surface area contributed by atoms with Gasteiger partial charge in [-0.2, -0.15) is 0 Å². The van der Waals surface area contributed by atoms with Gasteiger partial charge < -0.3 is 20.1 Å². The van der Waals surface area contributed by atoms with Crippen LogP contribution in [0.4, 0.5) is 0 Å².